The molecule has 6 nitrogen and oxygen atoms in total. The van der Waals surface area contributed by atoms with Gasteiger partial charge in [-0.15, -0.1) is 0 Å². The fraction of sp³-hybridized carbons (Fsp3) is 0.467. The number of carbonyl (C=O) groups is 2. The molecule has 1 aliphatic rings. The number of aliphatic hydroxyl groups is 1. The smallest absolute Gasteiger partial charge is 0.284 e. The van der Waals surface area contributed by atoms with Crippen LogP contribution >= 0.6 is 11.8 Å². The van der Waals surface area contributed by atoms with E-state index in [2.05, 4.69) is 5.32 Å². The van der Waals surface area contributed by atoms with E-state index < -0.39 is 11.6 Å². The van der Waals surface area contributed by atoms with Crippen LogP contribution in [0.25, 0.3) is 0 Å². The highest BCUT2D eigenvalue weighted by molar-refractivity contribution is 8.13. The lowest BCUT2D eigenvalue weighted by Crippen LogP contribution is -2.56. The molecule has 1 atom stereocenters. The second kappa shape index (κ2) is 7.62. The van der Waals surface area contributed by atoms with Crippen molar-refractivity contribution in [1.82, 2.24) is 10.2 Å². The molecule has 0 radical (unpaired) electrons. The lowest BCUT2D eigenvalue weighted by atomic mass is 10.1. The Morgan fingerprint density at radius 3 is 2.77 bits per heavy atom. The van der Waals surface area contributed by atoms with Crippen molar-refractivity contribution < 1.29 is 14.7 Å². The van der Waals surface area contributed by atoms with Crippen LogP contribution in [0.15, 0.2) is 30.3 Å². The highest BCUT2D eigenvalue weighted by atomic mass is 32.2. The summed E-state index contributed by atoms with van der Waals surface area (Å²) in [5, 5.41) is 13.0. The SMILES string of the molecule is NCCSC(=O)N1CCC[C@]1(O)C(=O)NCc1ccccc1. The Bertz CT molecular complexity index is 526. The van der Waals surface area contributed by atoms with Gasteiger partial charge in [-0.25, -0.2) is 0 Å². The summed E-state index contributed by atoms with van der Waals surface area (Å²) >= 11 is 1.03. The van der Waals surface area contributed by atoms with Crippen LogP contribution in [0.3, 0.4) is 0 Å². The Morgan fingerprint density at radius 1 is 1.36 bits per heavy atom. The molecule has 0 unspecified atom stereocenters. The highest BCUT2D eigenvalue weighted by Gasteiger charge is 2.48. The van der Waals surface area contributed by atoms with Gasteiger partial charge in [0, 0.05) is 31.8 Å². The Hall–Kier alpha value is -1.57. The van der Waals surface area contributed by atoms with E-state index in [1.807, 2.05) is 30.3 Å². The first kappa shape index (κ1) is 16.8. The number of nitrogens with one attached hydrogen (secondary N) is 1. The number of carbonyl (C=O) groups excluding carboxylic acids is 2. The van der Waals surface area contributed by atoms with Crippen molar-refractivity contribution in [2.45, 2.75) is 25.1 Å². The molecular weight excluding hydrogens is 302 g/mol. The van der Waals surface area contributed by atoms with E-state index in [1.54, 1.807) is 0 Å². The molecule has 22 heavy (non-hydrogen) atoms. The van der Waals surface area contributed by atoms with Gasteiger partial charge in [0.25, 0.3) is 11.1 Å². The Labute approximate surface area is 134 Å². The summed E-state index contributed by atoms with van der Waals surface area (Å²) in [4.78, 5) is 25.7. The first-order chi connectivity index (χ1) is 10.6. The molecule has 7 heteroatoms. The number of hydrogen-bond acceptors (Lipinski definition) is 5. The van der Waals surface area contributed by atoms with Gasteiger partial charge in [0.2, 0.25) is 5.72 Å². The molecule has 0 bridgehead atoms. The monoisotopic (exact) mass is 323 g/mol. The lowest BCUT2D eigenvalue weighted by Gasteiger charge is -2.31. The maximum Gasteiger partial charge on any atom is 0.284 e. The third kappa shape index (κ3) is 3.79. The summed E-state index contributed by atoms with van der Waals surface area (Å²) in [5.41, 5.74) is 4.56. The summed E-state index contributed by atoms with van der Waals surface area (Å²) in [6.07, 6.45) is 0.854. The molecule has 1 fully saturated rings. The number of amides is 2. The van der Waals surface area contributed by atoms with E-state index in [9.17, 15) is 14.7 Å². The molecule has 0 aromatic heterocycles. The predicted molar refractivity (Wildman–Crippen MR) is 86.1 cm³/mol. The van der Waals surface area contributed by atoms with E-state index >= 15 is 0 Å². The molecule has 1 aromatic rings. The Kier molecular flexibility index (Phi) is 5.82. The average Bonchev–Trinajstić information content (AvgIpc) is 2.94. The molecule has 1 aliphatic heterocycles. The number of benzene rings is 1. The first-order valence-electron chi connectivity index (χ1n) is 7.27. The van der Waals surface area contributed by atoms with Crippen molar-refractivity contribution >= 4 is 22.9 Å². The van der Waals surface area contributed by atoms with Crippen LogP contribution in [-0.2, 0) is 11.3 Å². The van der Waals surface area contributed by atoms with Crippen molar-refractivity contribution in [3.8, 4) is 0 Å². The van der Waals surface area contributed by atoms with Crippen molar-refractivity contribution in [2.75, 3.05) is 18.8 Å². The fourth-order valence-electron chi connectivity index (χ4n) is 2.43. The van der Waals surface area contributed by atoms with Gasteiger partial charge in [0.1, 0.15) is 0 Å². The maximum absolute atomic E-state index is 12.3. The average molecular weight is 323 g/mol. The largest absolute Gasteiger partial charge is 0.363 e. The van der Waals surface area contributed by atoms with Gasteiger partial charge in [-0.2, -0.15) is 0 Å². The maximum atomic E-state index is 12.3. The van der Waals surface area contributed by atoms with E-state index in [0.717, 1.165) is 17.3 Å². The number of nitrogens with zero attached hydrogens (tertiary/aromatic N) is 1. The van der Waals surface area contributed by atoms with Crippen molar-refractivity contribution in [3.05, 3.63) is 35.9 Å². The summed E-state index contributed by atoms with van der Waals surface area (Å²) in [5.74, 6) is -0.0626. The fourth-order valence-corrected chi connectivity index (χ4v) is 3.12. The second-order valence-electron chi connectivity index (χ2n) is 5.14. The molecule has 1 saturated heterocycles. The zero-order valence-corrected chi connectivity index (χ0v) is 13.1. The minimum Gasteiger partial charge on any atom is -0.363 e. The molecule has 2 amide bonds. The van der Waals surface area contributed by atoms with Gasteiger partial charge in [-0.3, -0.25) is 14.5 Å². The van der Waals surface area contributed by atoms with Crippen LogP contribution in [-0.4, -0.2) is 45.7 Å². The third-order valence-corrected chi connectivity index (χ3v) is 4.48. The molecule has 2 rings (SSSR count). The third-order valence-electron chi connectivity index (χ3n) is 3.58. The molecule has 0 saturated carbocycles. The molecule has 1 aromatic carbocycles. The van der Waals surface area contributed by atoms with Gasteiger partial charge in [0.05, 0.1) is 0 Å². The molecule has 120 valence electrons. The lowest BCUT2D eigenvalue weighted by molar-refractivity contribution is -0.151. The quantitative estimate of drug-likeness (QED) is 0.748. The van der Waals surface area contributed by atoms with E-state index in [1.165, 1.54) is 4.90 Å². The van der Waals surface area contributed by atoms with Gasteiger partial charge in [-0.05, 0) is 12.0 Å². The van der Waals surface area contributed by atoms with Gasteiger partial charge >= 0.3 is 0 Å². The van der Waals surface area contributed by atoms with Gasteiger partial charge < -0.3 is 16.2 Å². The topological polar surface area (TPSA) is 95.7 Å². The molecule has 4 N–H and O–H groups in total. The number of rotatable bonds is 5. The van der Waals surface area contributed by atoms with Gasteiger partial charge in [0.15, 0.2) is 0 Å². The molecule has 1 heterocycles. The summed E-state index contributed by atoms with van der Waals surface area (Å²) in [6, 6.07) is 9.43. The van der Waals surface area contributed by atoms with E-state index in [-0.39, 0.29) is 11.7 Å². The van der Waals surface area contributed by atoms with Crippen LogP contribution in [0.2, 0.25) is 0 Å². The number of hydrogen-bond donors (Lipinski definition) is 3. The zero-order valence-electron chi connectivity index (χ0n) is 12.3. The van der Waals surface area contributed by atoms with E-state index in [0.29, 0.717) is 31.8 Å². The number of likely N-dealkylation sites (tertiary alicyclic amines) is 1. The Morgan fingerprint density at radius 2 is 2.09 bits per heavy atom. The number of thioether (sulfide) groups is 1. The minimum absolute atomic E-state index is 0.253. The van der Waals surface area contributed by atoms with Crippen LogP contribution < -0.4 is 11.1 Å². The zero-order chi connectivity index (χ0) is 16.0. The van der Waals surface area contributed by atoms with Crippen molar-refractivity contribution in [1.29, 1.82) is 0 Å². The summed E-state index contributed by atoms with van der Waals surface area (Å²) in [6.45, 7) is 1.08. The van der Waals surface area contributed by atoms with Crippen LogP contribution in [0.5, 0.6) is 0 Å². The Balaban J connectivity index is 1.98. The van der Waals surface area contributed by atoms with Gasteiger partial charge in [-0.1, -0.05) is 42.1 Å². The van der Waals surface area contributed by atoms with Crippen molar-refractivity contribution in [3.63, 3.8) is 0 Å². The predicted octanol–water partition coefficient (Wildman–Crippen LogP) is 0.899. The van der Waals surface area contributed by atoms with Crippen LogP contribution in [0.4, 0.5) is 4.79 Å². The molecule has 0 spiro atoms. The standard InChI is InChI=1S/C15H21N3O3S/c16-8-10-22-14(20)18-9-4-7-15(18,21)13(19)17-11-12-5-2-1-3-6-12/h1-3,5-6,21H,4,7-11,16H2,(H,17,19)/t15-/m0/s1. The first-order valence-corrected chi connectivity index (χ1v) is 8.25. The van der Waals surface area contributed by atoms with Crippen molar-refractivity contribution in [2.24, 2.45) is 5.73 Å². The van der Waals surface area contributed by atoms with Crippen LogP contribution in [0, 0.1) is 0 Å². The normalized spacial score (nSPS) is 20.9. The summed E-state index contributed by atoms with van der Waals surface area (Å²) in [7, 11) is 0. The molecular formula is C15H21N3O3S. The second-order valence-corrected chi connectivity index (χ2v) is 6.19. The minimum atomic E-state index is -1.76. The van der Waals surface area contributed by atoms with E-state index in [4.69, 9.17) is 5.73 Å². The molecule has 0 aliphatic carbocycles. The summed E-state index contributed by atoms with van der Waals surface area (Å²) < 4.78 is 0. The number of nitrogens with two attached hydrogens (primary N) is 1. The van der Waals surface area contributed by atoms with Crippen LogP contribution in [0.1, 0.15) is 18.4 Å². The highest BCUT2D eigenvalue weighted by Crippen LogP contribution is 2.30.